The van der Waals surface area contributed by atoms with Gasteiger partial charge in [0.15, 0.2) is 12.4 Å². The van der Waals surface area contributed by atoms with Crippen molar-refractivity contribution >= 4 is 40.9 Å². The Bertz CT molecular complexity index is 581. The molecule has 1 aromatic rings. The van der Waals surface area contributed by atoms with Crippen molar-refractivity contribution < 1.29 is 23.9 Å². The van der Waals surface area contributed by atoms with E-state index >= 15 is 0 Å². The zero-order valence-corrected chi connectivity index (χ0v) is 12.6. The fraction of sp³-hybridized carbons (Fsp3) is 0.214. The van der Waals surface area contributed by atoms with E-state index in [9.17, 15) is 14.4 Å². The summed E-state index contributed by atoms with van der Waals surface area (Å²) in [7, 11) is 0. The molecule has 0 atom stereocenters. The Morgan fingerprint density at radius 2 is 1.67 bits per heavy atom. The first-order valence-corrected chi connectivity index (χ1v) is 6.69. The highest BCUT2D eigenvalue weighted by Gasteiger charge is 2.10. The molecular weight excluding hydrogens is 319 g/mol. The summed E-state index contributed by atoms with van der Waals surface area (Å²) in [5.41, 5.74) is 0.270. The number of benzene rings is 1. The van der Waals surface area contributed by atoms with E-state index in [2.05, 4.69) is 4.74 Å². The lowest BCUT2D eigenvalue weighted by Gasteiger charge is -2.03. The highest BCUT2D eigenvalue weighted by atomic mass is 35.5. The Morgan fingerprint density at radius 3 is 2.24 bits per heavy atom. The molecule has 0 bridgehead atoms. The first-order chi connectivity index (χ1) is 9.93. The minimum Gasteiger partial charge on any atom is -0.463 e. The normalized spacial score (nSPS) is 10.4. The van der Waals surface area contributed by atoms with Crippen LogP contribution < -0.4 is 0 Å². The number of rotatable bonds is 6. The third-order valence-electron chi connectivity index (χ3n) is 2.23. The van der Waals surface area contributed by atoms with Crippen molar-refractivity contribution in [2.24, 2.45) is 0 Å². The minimum absolute atomic E-state index is 0.202. The molecule has 0 spiro atoms. The van der Waals surface area contributed by atoms with Crippen LogP contribution in [-0.4, -0.2) is 30.9 Å². The van der Waals surface area contributed by atoms with Gasteiger partial charge < -0.3 is 9.47 Å². The van der Waals surface area contributed by atoms with E-state index in [-0.39, 0.29) is 17.2 Å². The molecule has 21 heavy (non-hydrogen) atoms. The van der Waals surface area contributed by atoms with Gasteiger partial charge in [0.25, 0.3) is 0 Å². The number of hydrogen-bond donors (Lipinski definition) is 0. The van der Waals surface area contributed by atoms with Crippen molar-refractivity contribution in [3.63, 3.8) is 0 Å². The molecule has 0 saturated carbocycles. The predicted octanol–water partition coefficient (Wildman–Crippen LogP) is 2.84. The van der Waals surface area contributed by atoms with Crippen LogP contribution in [0.25, 0.3) is 0 Å². The molecule has 0 aromatic heterocycles. The van der Waals surface area contributed by atoms with Gasteiger partial charge in [-0.1, -0.05) is 23.2 Å². The smallest absolute Gasteiger partial charge is 0.331 e. The largest absolute Gasteiger partial charge is 0.463 e. The van der Waals surface area contributed by atoms with E-state index in [0.717, 1.165) is 12.2 Å². The molecular formula is C14H12Cl2O5. The van der Waals surface area contributed by atoms with Crippen LogP contribution in [0, 0.1) is 0 Å². The second-order valence-corrected chi connectivity index (χ2v) is 4.56. The van der Waals surface area contributed by atoms with Crippen LogP contribution in [0.5, 0.6) is 0 Å². The van der Waals surface area contributed by atoms with Crippen molar-refractivity contribution in [3.05, 3.63) is 46.0 Å². The molecule has 0 amide bonds. The van der Waals surface area contributed by atoms with E-state index in [1.165, 1.54) is 18.2 Å². The Labute approximate surface area is 131 Å². The fourth-order valence-electron chi connectivity index (χ4n) is 1.26. The summed E-state index contributed by atoms with van der Waals surface area (Å²) in [6.07, 6.45) is 1.82. The van der Waals surface area contributed by atoms with E-state index in [0.29, 0.717) is 5.02 Å². The summed E-state index contributed by atoms with van der Waals surface area (Å²) in [5.74, 6) is -1.92. The molecule has 7 heteroatoms. The number of hydrogen-bond acceptors (Lipinski definition) is 5. The topological polar surface area (TPSA) is 69.7 Å². The average Bonchev–Trinajstić information content (AvgIpc) is 2.45. The van der Waals surface area contributed by atoms with Gasteiger partial charge in [0.05, 0.1) is 16.7 Å². The van der Waals surface area contributed by atoms with E-state index in [4.69, 9.17) is 27.9 Å². The van der Waals surface area contributed by atoms with Crippen molar-refractivity contribution in [2.75, 3.05) is 13.2 Å². The van der Waals surface area contributed by atoms with Gasteiger partial charge >= 0.3 is 11.9 Å². The molecule has 0 aliphatic heterocycles. The summed E-state index contributed by atoms with van der Waals surface area (Å²) in [5, 5.41) is 0.554. The van der Waals surface area contributed by atoms with Gasteiger partial charge in [-0.25, -0.2) is 9.59 Å². The van der Waals surface area contributed by atoms with Crippen molar-refractivity contribution in [1.82, 2.24) is 0 Å². The SMILES string of the molecule is CCOC(=O)/C=C/C(=O)OCC(=O)c1ccc(Cl)c(Cl)c1. The third kappa shape index (κ3) is 5.97. The Morgan fingerprint density at radius 1 is 1.05 bits per heavy atom. The Kier molecular flexibility index (Phi) is 6.91. The highest BCUT2D eigenvalue weighted by molar-refractivity contribution is 6.42. The number of carbonyl (C=O) groups is 3. The average molecular weight is 331 g/mol. The van der Waals surface area contributed by atoms with E-state index < -0.39 is 24.3 Å². The van der Waals surface area contributed by atoms with Crippen LogP contribution in [0.1, 0.15) is 17.3 Å². The first kappa shape index (κ1) is 17.2. The van der Waals surface area contributed by atoms with Gasteiger partial charge in [0, 0.05) is 17.7 Å². The summed E-state index contributed by atoms with van der Waals surface area (Å²) in [4.78, 5) is 34.0. The zero-order chi connectivity index (χ0) is 15.8. The van der Waals surface area contributed by atoms with E-state index in [1.54, 1.807) is 6.92 Å². The lowest BCUT2D eigenvalue weighted by molar-refractivity contribution is -0.139. The fourth-order valence-corrected chi connectivity index (χ4v) is 1.56. The lowest BCUT2D eigenvalue weighted by atomic mass is 10.1. The molecule has 5 nitrogen and oxygen atoms in total. The highest BCUT2D eigenvalue weighted by Crippen LogP contribution is 2.22. The molecule has 0 aliphatic rings. The second-order valence-electron chi connectivity index (χ2n) is 3.75. The lowest BCUT2D eigenvalue weighted by Crippen LogP contribution is -2.13. The summed E-state index contributed by atoms with van der Waals surface area (Å²) in [6, 6.07) is 4.33. The summed E-state index contributed by atoms with van der Waals surface area (Å²) >= 11 is 11.5. The van der Waals surface area contributed by atoms with Crippen LogP contribution in [0.2, 0.25) is 10.0 Å². The molecule has 0 aliphatic carbocycles. The van der Waals surface area contributed by atoms with Gasteiger partial charge in [-0.15, -0.1) is 0 Å². The van der Waals surface area contributed by atoms with Gasteiger partial charge in [0.2, 0.25) is 0 Å². The van der Waals surface area contributed by atoms with Gasteiger partial charge in [-0.2, -0.15) is 0 Å². The van der Waals surface area contributed by atoms with E-state index in [1.807, 2.05) is 0 Å². The molecule has 0 radical (unpaired) electrons. The third-order valence-corrected chi connectivity index (χ3v) is 2.97. The summed E-state index contributed by atoms with van der Waals surface area (Å²) < 4.78 is 9.28. The molecule has 0 unspecified atom stereocenters. The number of carbonyl (C=O) groups excluding carboxylic acids is 3. The number of ether oxygens (including phenoxy) is 2. The van der Waals surface area contributed by atoms with Gasteiger partial charge in [-0.3, -0.25) is 4.79 Å². The second kappa shape index (κ2) is 8.44. The van der Waals surface area contributed by atoms with Crippen LogP contribution >= 0.6 is 23.2 Å². The molecule has 0 fully saturated rings. The Balaban J connectivity index is 2.51. The number of halogens is 2. The predicted molar refractivity (Wildman–Crippen MR) is 77.5 cm³/mol. The molecule has 0 heterocycles. The first-order valence-electron chi connectivity index (χ1n) is 5.94. The van der Waals surface area contributed by atoms with Crippen LogP contribution in [0.4, 0.5) is 0 Å². The minimum atomic E-state index is -0.823. The molecule has 1 rings (SSSR count). The molecule has 0 N–H and O–H groups in total. The zero-order valence-electron chi connectivity index (χ0n) is 11.1. The van der Waals surface area contributed by atoms with Crippen LogP contribution in [-0.2, 0) is 19.1 Å². The number of Topliss-reactive ketones (excluding diaryl/α,β-unsaturated/α-hetero) is 1. The van der Waals surface area contributed by atoms with Gasteiger partial charge in [0.1, 0.15) is 0 Å². The van der Waals surface area contributed by atoms with Crippen LogP contribution in [0.3, 0.4) is 0 Å². The Hall–Kier alpha value is -1.85. The number of esters is 2. The molecule has 1 aromatic carbocycles. The van der Waals surface area contributed by atoms with Crippen molar-refractivity contribution in [2.45, 2.75) is 6.92 Å². The van der Waals surface area contributed by atoms with Crippen LogP contribution in [0.15, 0.2) is 30.4 Å². The quantitative estimate of drug-likeness (QED) is 0.455. The maximum Gasteiger partial charge on any atom is 0.331 e. The van der Waals surface area contributed by atoms with Gasteiger partial charge in [-0.05, 0) is 25.1 Å². The standard InChI is InChI=1S/C14H12Cl2O5/c1-2-20-13(18)5-6-14(19)21-8-12(17)9-3-4-10(15)11(16)7-9/h3-7H,2,8H2,1H3/b6-5+. The maximum atomic E-state index is 11.8. The monoisotopic (exact) mass is 330 g/mol. The maximum absolute atomic E-state index is 11.8. The van der Waals surface area contributed by atoms with Crippen molar-refractivity contribution in [3.8, 4) is 0 Å². The molecule has 112 valence electrons. The summed E-state index contributed by atoms with van der Waals surface area (Å²) in [6.45, 7) is 1.37. The molecule has 0 saturated heterocycles. The van der Waals surface area contributed by atoms with Crippen molar-refractivity contribution in [1.29, 1.82) is 0 Å². The number of ketones is 1.